The van der Waals surface area contributed by atoms with Gasteiger partial charge in [0.15, 0.2) is 5.82 Å². The van der Waals surface area contributed by atoms with Gasteiger partial charge in [-0.2, -0.15) is 0 Å². The van der Waals surface area contributed by atoms with Crippen LogP contribution in [0.1, 0.15) is 40.5 Å². The minimum atomic E-state index is -0.224. The molecule has 1 aliphatic heterocycles. The molecule has 1 unspecified atom stereocenters. The van der Waals surface area contributed by atoms with E-state index in [9.17, 15) is 4.79 Å². The molecule has 0 aliphatic carbocycles. The molecule has 1 fully saturated rings. The molecule has 1 saturated heterocycles. The monoisotopic (exact) mass is 278 g/mol. The molecule has 1 atom stereocenters. The first-order chi connectivity index (χ1) is 9.41. The van der Waals surface area contributed by atoms with E-state index in [0.717, 1.165) is 26.1 Å². The van der Waals surface area contributed by atoms with E-state index in [1.54, 1.807) is 17.0 Å². The number of anilines is 1. The molecule has 112 valence electrons. The Labute approximate surface area is 121 Å². The Morgan fingerprint density at radius 3 is 2.85 bits per heavy atom. The number of nitrogens with one attached hydrogen (secondary N) is 1. The van der Waals surface area contributed by atoms with Crippen LogP contribution in [-0.4, -0.2) is 40.1 Å². The smallest absolute Gasteiger partial charge is 0.293 e. The summed E-state index contributed by atoms with van der Waals surface area (Å²) in [5, 5.41) is 3.34. The third kappa shape index (κ3) is 3.39. The highest BCUT2D eigenvalue weighted by molar-refractivity contribution is 5.33. The van der Waals surface area contributed by atoms with Gasteiger partial charge in [0.2, 0.25) is 0 Å². The van der Waals surface area contributed by atoms with Crippen LogP contribution in [0.25, 0.3) is 0 Å². The molecule has 1 aliphatic rings. The molecule has 5 nitrogen and oxygen atoms in total. The predicted molar refractivity (Wildman–Crippen MR) is 82.3 cm³/mol. The fourth-order valence-electron chi connectivity index (χ4n) is 2.69. The molecule has 1 N–H and O–H groups in total. The third-order valence-electron chi connectivity index (χ3n) is 3.86. The zero-order valence-corrected chi connectivity index (χ0v) is 13.0. The van der Waals surface area contributed by atoms with E-state index in [1.165, 1.54) is 6.42 Å². The lowest BCUT2D eigenvalue weighted by Gasteiger charge is -2.32. The number of likely N-dealkylation sites (N-methyl/N-ethyl adjacent to an activating group) is 1. The summed E-state index contributed by atoms with van der Waals surface area (Å²) in [5.41, 5.74) is -0.257. The van der Waals surface area contributed by atoms with Crippen molar-refractivity contribution in [2.75, 3.05) is 25.0 Å². The van der Waals surface area contributed by atoms with Crippen LogP contribution in [0.5, 0.6) is 0 Å². The Morgan fingerprint density at radius 1 is 1.45 bits per heavy atom. The van der Waals surface area contributed by atoms with E-state index in [1.807, 2.05) is 20.8 Å². The van der Waals surface area contributed by atoms with Crippen molar-refractivity contribution in [3.05, 3.63) is 22.7 Å². The maximum Gasteiger partial charge on any atom is 0.293 e. The fourth-order valence-corrected chi connectivity index (χ4v) is 2.69. The van der Waals surface area contributed by atoms with Gasteiger partial charge in [0.05, 0.1) is 0 Å². The lowest BCUT2D eigenvalue weighted by molar-refractivity contribution is 0.226. The number of piperidine rings is 1. The van der Waals surface area contributed by atoms with Crippen LogP contribution >= 0.6 is 0 Å². The van der Waals surface area contributed by atoms with Gasteiger partial charge < -0.3 is 14.8 Å². The van der Waals surface area contributed by atoms with Gasteiger partial charge in [-0.1, -0.05) is 6.92 Å². The Balaban J connectivity index is 2.16. The zero-order chi connectivity index (χ0) is 14.8. The molecule has 2 heterocycles. The minimum Gasteiger partial charge on any atom is -0.361 e. The van der Waals surface area contributed by atoms with Gasteiger partial charge in [-0.15, -0.1) is 0 Å². The van der Waals surface area contributed by atoms with Crippen LogP contribution < -0.4 is 10.9 Å². The Kier molecular flexibility index (Phi) is 4.48. The first kappa shape index (κ1) is 15.0. The Bertz CT molecular complexity index is 503. The molecule has 20 heavy (non-hydrogen) atoms. The second-order valence-corrected chi connectivity index (χ2v) is 6.50. The quantitative estimate of drug-likeness (QED) is 0.917. The van der Waals surface area contributed by atoms with Crippen LogP contribution in [0.2, 0.25) is 0 Å². The Hall–Kier alpha value is -1.36. The van der Waals surface area contributed by atoms with E-state index in [2.05, 4.69) is 22.1 Å². The van der Waals surface area contributed by atoms with Gasteiger partial charge in [-0.05, 0) is 46.7 Å². The number of hydrogen-bond acceptors (Lipinski definition) is 4. The predicted octanol–water partition coefficient (Wildman–Crippen LogP) is 1.89. The summed E-state index contributed by atoms with van der Waals surface area (Å²) in [5.74, 6) is 0.477. The molecule has 1 aromatic rings. The fraction of sp³-hybridized carbons (Fsp3) is 0.733. The summed E-state index contributed by atoms with van der Waals surface area (Å²) in [7, 11) is 0. The van der Waals surface area contributed by atoms with Crippen molar-refractivity contribution in [3.63, 3.8) is 0 Å². The number of likely N-dealkylation sites (tertiary alicyclic amines) is 1. The lowest BCUT2D eigenvalue weighted by Crippen LogP contribution is -2.44. The highest BCUT2D eigenvalue weighted by Crippen LogP contribution is 2.14. The standard InChI is InChI=1S/C15H26N4O/c1-5-18-9-6-7-12(11-18)17-13-14(20)19(10-8-16-13)15(2,3)4/h8,10,12H,5-7,9,11H2,1-4H3,(H,16,17). The molecular weight excluding hydrogens is 252 g/mol. The molecule has 2 rings (SSSR count). The summed E-state index contributed by atoms with van der Waals surface area (Å²) >= 11 is 0. The molecular formula is C15H26N4O. The van der Waals surface area contributed by atoms with E-state index < -0.39 is 0 Å². The second-order valence-electron chi connectivity index (χ2n) is 6.50. The summed E-state index contributed by atoms with van der Waals surface area (Å²) in [4.78, 5) is 19.1. The minimum absolute atomic E-state index is 0.0337. The van der Waals surface area contributed by atoms with Crippen LogP contribution in [0.15, 0.2) is 17.2 Å². The van der Waals surface area contributed by atoms with Crippen molar-refractivity contribution in [2.24, 2.45) is 0 Å². The first-order valence-corrected chi connectivity index (χ1v) is 7.49. The van der Waals surface area contributed by atoms with Crippen molar-refractivity contribution in [1.82, 2.24) is 14.5 Å². The number of aromatic nitrogens is 2. The highest BCUT2D eigenvalue weighted by atomic mass is 16.1. The van der Waals surface area contributed by atoms with E-state index >= 15 is 0 Å². The maximum absolute atomic E-state index is 12.5. The molecule has 0 aromatic carbocycles. The normalized spacial score (nSPS) is 20.9. The largest absolute Gasteiger partial charge is 0.361 e. The molecule has 1 aromatic heterocycles. The molecule has 0 saturated carbocycles. The second kappa shape index (κ2) is 5.95. The first-order valence-electron chi connectivity index (χ1n) is 7.49. The molecule has 0 spiro atoms. The average Bonchev–Trinajstić information content (AvgIpc) is 2.40. The van der Waals surface area contributed by atoms with E-state index in [4.69, 9.17) is 0 Å². The number of hydrogen-bond donors (Lipinski definition) is 1. The highest BCUT2D eigenvalue weighted by Gasteiger charge is 2.21. The van der Waals surface area contributed by atoms with Crippen molar-refractivity contribution in [2.45, 2.75) is 52.1 Å². The topological polar surface area (TPSA) is 50.2 Å². The third-order valence-corrected chi connectivity index (χ3v) is 3.86. The van der Waals surface area contributed by atoms with E-state index in [0.29, 0.717) is 11.9 Å². The number of nitrogens with zero attached hydrogens (tertiary/aromatic N) is 3. The molecule has 0 bridgehead atoms. The lowest BCUT2D eigenvalue weighted by atomic mass is 10.1. The maximum atomic E-state index is 12.5. The molecule has 0 amide bonds. The molecule has 0 radical (unpaired) electrons. The van der Waals surface area contributed by atoms with Gasteiger partial charge in [0, 0.05) is 30.5 Å². The van der Waals surface area contributed by atoms with Gasteiger partial charge in [0.1, 0.15) is 0 Å². The van der Waals surface area contributed by atoms with Crippen molar-refractivity contribution in [1.29, 1.82) is 0 Å². The van der Waals surface area contributed by atoms with Gasteiger partial charge in [-0.25, -0.2) is 4.98 Å². The summed E-state index contributed by atoms with van der Waals surface area (Å²) < 4.78 is 1.74. The van der Waals surface area contributed by atoms with E-state index in [-0.39, 0.29) is 11.1 Å². The van der Waals surface area contributed by atoms with Crippen LogP contribution in [0.4, 0.5) is 5.82 Å². The average molecular weight is 278 g/mol. The van der Waals surface area contributed by atoms with Gasteiger partial charge in [-0.3, -0.25) is 4.79 Å². The summed E-state index contributed by atoms with van der Waals surface area (Å²) in [6, 6.07) is 0.319. The van der Waals surface area contributed by atoms with Crippen molar-refractivity contribution >= 4 is 5.82 Å². The number of rotatable bonds is 3. The summed E-state index contributed by atoms with van der Waals surface area (Å²) in [6.07, 6.45) is 5.73. The zero-order valence-electron chi connectivity index (χ0n) is 13.0. The van der Waals surface area contributed by atoms with Crippen LogP contribution in [0.3, 0.4) is 0 Å². The van der Waals surface area contributed by atoms with Crippen LogP contribution in [0, 0.1) is 0 Å². The summed E-state index contributed by atoms with van der Waals surface area (Å²) in [6.45, 7) is 11.5. The van der Waals surface area contributed by atoms with Gasteiger partial charge >= 0.3 is 0 Å². The molecule has 5 heteroatoms. The Morgan fingerprint density at radius 2 is 2.20 bits per heavy atom. The van der Waals surface area contributed by atoms with Crippen molar-refractivity contribution < 1.29 is 0 Å². The SMILES string of the molecule is CCN1CCCC(Nc2nccn(C(C)(C)C)c2=O)C1. The van der Waals surface area contributed by atoms with Crippen LogP contribution in [-0.2, 0) is 5.54 Å². The van der Waals surface area contributed by atoms with Gasteiger partial charge in [0.25, 0.3) is 5.56 Å². The van der Waals surface area contributed by atoms with Crippen molar-refractivity contribution in [3.8, 4) is 0 Å².